The highest BCUT2D eigenvalue weighted by molar-refractivity contribution is 4.96. The van der Waals surface area contributed by atoms with Gasteiger partial charge >= 0.3 is 0 Å². The Balaban J connectivity index is 2.90. The van der Waals surface area contributed by atoms with Gasteiger partial charge in [-0.25, -0.2) is 9.67 Å². The molecule has 0 aliphatic heterocycles. The average molecular weight is 267 g/mol. The van der Waals surface area contributed by atoms with E-state index in [1.165, 1.54) is 0 Å². The van der Waals surface area contributed by atoms with E-state index in [0.717, 1.165) is 18.7 Å². The molecule has 0 spiro atoms. The van der Waals surface area contributed by atoms with Crippen LogP contribution in [-0.4, -0.2) is 25.5 Å². The summed E-state index contributed by atoms with van der Waals surface area (Å²) in [5.74, 6) is 1.83. The maximum absolute atomic E-state index is 10.9. The first-order valence-electron chi connectivity index (χ1n) is 7.34. The molecule has 4 nitrogen and oxygen atoms in total. The summed E-state index contributed by atoms with van der Waals surface area (Å²) >= 11 is 0. The zero-order chi connectivity index (χ0) is 14.6. The van der Waals surface area contributed by atoms with Crippen molar-refractivity contribution in [1.29, 1.82) is 0 Å². The summed E-state index contributed by atoms with van der Waals surface area (Å²) < 4.78 is 1.91. The molecule has 1 aromatic rings. The van der Waals surface area contributed by atoms with Crippen LogP contribution >= 0.6 is 0 Å². The summed E-state index contributed by atoms with van der Waals surface area (Å²) in [5, 5.41) is 15.2. The van der Waals surface area contributed by atoms with Crippen LogP contribution in [0.4, 0.5) is 0 Å². The standard InChI is InChI=1S/C15H29N3O/c1-11(2)7-15(19,8-12(3)4)9-14-16-10-17-18(14)13(5)6/h10-13,19H,7-9H2,1-6H3. The second-order valence-corrected chi connectivity index (χ2v) is 6.81. The molecule has 0 amide bonds. The zero-order valence-electron chi connectivity index (χ0n) is 13.2. The van der Waals surface area contributed by atoms with Crippen molar-refractivity contribution < 1.29 is 5.11 Å². The molecule has 1 aromatic heterocycles. The van der Waals surface area contributed by atoms with E-state index in [1.54, 1.807) is 6.33 Å². The minimum absolute atomic E-state index is 0.278. The Morgan fingerprint density at radius 2 is 1.63 bits per heavy atom. The van der Waals surface area contributed by atoms with Gasteiger partial charge in [0.15, 0.2) is 0 Å². The molecule has 0 fully saturated rings. The van der Waals surface area contributed by atoms with Gasteiger partial charge in [0.1, 0.15) is 12.2 Å². The van der Waals surface area contributed by atoms with Gasteiger partial charge in [-0.15, -0.1) is 0 Å². The number of rotatable bonds is 7. The highest BCUT2D eigenvalue weighted by atomic mass is 16.3. The van der Waals surface area contributed by atoms with Gasteiger partial charge in [-0.05, 0) is 38.5 Å². The lowest BCUT2D eigenvalue weighted by Gasteiger charge is -2.31. The van der Waals surface area contributed by atoms with Crippen LogP contribution < -0.4 is 0 Å². The lowest BCUT2D eigenvalue weighted by Crippen LogP contribution is -2.36. The quantitative estimate of drug-likeness (QED) is 0.825. The van der Waals surface area contributed by atoms with Gasteiger partial charge in [-0.1, -0.05) is 27.7 Å². The summed E-state index contributed by atoms with van der Waals surface area (Å²) in [6, 6.07) is 0.278. The van der Waals surface area contributed by atoms with Crippen molar-refractivity contribution in [1.82, 2.24) is 14.8 Å². The molecular weight excluding hydrogens is 238 g/mol. The van der Waals surface area contributed by atoms with Crippen molar-refractivity contribution in [2.45, 2.75) is 72.4 Å². The third-order valence-electron chi connectivity index (χ3n) is 3.20. The molecule has 0 saturated carbocycles. The van der Waals surface area contributed by atoms with Crippen molar-refractivity contribution in [3.8, 4) is 0 Å². The maximum Gasteiger partial charge on any atom is 0.138 e. The first-order valence-corrected chi connectivity index (χ1v) is 7.34. The maximum atomic E-state index is 10.9. The minimum Gasteiger partial charge on any atom is -0.389 e. The lowest BCUT2D eigenvalue weighted by atomic mass is 9.82. The Kier molecular flexibility index (Phi) is 5.53. The van der Waals surface area contributed by atoms with Gasteiger partial charge in [0.2, 0.25) is 0 Å². The van der Waals surface area contributed by atoms with E-state index in [9.17, 15) is 5.11 Å². The van der Waals surface area contributed by atoms with E-state index in [2.05, 4.69) is 51.6 Å². The first kappa shape index (κ1) is 16.2. The van der Waals surface area contributed by atoms with Crippen LogP contribution in [0.15, 0.2) is 6.33 Å². The monoisotopic (exact) mass is 267 g/mol. The molecule has 1 heterocycles. The molecule has 110 valence electrons. The number of aromatic nitrogens is 3. The number of nitrogens with zero attached hydrogens (tertiary/aromatic N) is 3. The molecule has 0 bridgehead atoms. The minimum atomic E-state index is -0.679. The first-order chi connectivity index (χ1) is 8.73. The highest BCUT2D eigenvalue weighted by Gasteiger charge is 2.31. The predicted molar refractivity (Wildman–Crippen MR) is 78.0 cm³/mol. The smallest absolute Gasteiger partial charge is 0.138 e. The predicted octanol–water partition coefficient (Wildman–Crippen LogP) is 3.22. The zero-order valence-corrected chi connectivity index (χ0v) is 13.2. The SMILES string of the molecule is CC(C)CC(O)(Cc1ncnn1C(C)C)CC(C)C. The molecule has 0 atom stereocenters. The Morgan fingerprint density at radius 1 is 1.11 bits per heavy atom. The summed E-state index contributed by atoms with van der Waals surface area (Å²) in [6.07, 6.45) is 3.77. The van der Waals surface area contributed by atoms with Crippen molar-refractivity contribution in [3.05, 3.63) is 12.2 Å². The Morgan fingerprint density at radius 3 is 2.05 bits per heavy atom. The van der Waals surface area contributed by atoms with E-state index in [0.29, 0.717) is 18.3 Å². The number of hydrogen-bond acceptors (Lipinski definition) is 3. The molecule has 0 radical (unpaired) electrons. The molecule has 0 saturated heterocycles. The van der Waals surface area contributed by atoms with Crippen molar-refractivity contribution in [3.63, 3.8) is 0 Å². The van der Waals surface area contributed by atoms with E-state index in [1.807, 2.05) is 4.68 Å². The molecule has 1 rings (SSSR count). The van der Waals surface area contributed by atoms with E-state index in [4.69, 9.17) is 0 Å². The van der Waals surface area contributed by atoms with Crippen LogP contribution in [0, 0.1) is 11.8 Å². The highest BCUT2D eigenvalue weighted by Crippen LogP contribution is 2.28. The van der Waals surface area contributed by atoms with Gasteiger partial charge in [-0.3, -0.25) is 0 Å². The third kappa shape index (κ3) is 4.94. The summed E-state index contributed by atoms with van der Waals surface area (Å²) in [6.45, 7) is 12.8. The van der Waals surface area contributed by atoms with Gasteiger partial charge < -0.3 is 5.11 Å². The molecule has 0 aliphatic carbocycles. The topological polar surface area (TPSA) is 50.9 Å². The van der Waals surface area contributed by atoms with Crippen LogP contribution in [-0.2, 0) is 6.42 Å². The fraction of sp³-hybridized carbons (Fsp3) is 0.867. The molecule has 0 aromatic carbocycles. The fourth-order valence-corrected chi connectivity index (χ4v) is 2.87. The lowest BCUT2D eigenvalue weighted by molar-refractivity contribution is -0.00199. The van der Waals surface area contributed by atoms with Crippen LogP contribution in [0.25, 0.3) is 0 Å². The molecule has 1 N–H and O–H groups in total. The number of aliphatic hydroxyl groups is 1. The molecule has 0 unspecified atom stereocenters. The molecule has 19 heavy (non-hydrogen) atoms. The fourth-order valence-electron chi connectivity index (χ4n) is 2.87. The second-order valence-electron chi connectivity index (χ2n) is 6.81. The summed E-state index contributed by atoms with van der Waals surface area (Å²) in [7, 11) is 0. The third-order valence-corrected chi connectivity index (χ3v) is 3.20. The molecule has 4 heteroatoms. The van der Waals surface area contributed by atoms with Gasteiger partial charge in [0.05, 0.1) is 5.60 Å². The van der Waals surface area contributed by atoms with E-state index >= 15 is 0 Å². The van der Waals surface area contributed by atoms with Crippen molar-refractivity contribution >= 4 is 0 Å². The summed E-state index contributed by atoms with van der Waals surface area (Å²) in [4.78, 5) is 4.33. The van der Waals surface area contributed by atoms with Crippen molar-refractivity contribution in [2.24, 2.45) is 11.8 Å². The van der Waals surface area contributed by atoms with E-state index in [-0.39, 0.29) is 6.04 Å². The Bertz CT molecular complexity index is 372. The second kappa shape index (κ2) is 6.51. The van der Waals surface area contributed by atoms with Crippen LogP contribution in [0.1, 0.15) is 66.3 Å². The normalized spacial score (nSPS) is 12.9. The average Bonchev–Trinajstić information content (AvgIpc) is 2.61. The van der Waals surface area contributed by atoms with Crippen LogP contribution in [0.2, 0.25) is 0 Å². The largest absolute Gasteiger partial charge is 0.389 e. The van der Waals surface area contributed by atoms with Crippen LogP contribution in [0.5, 0.6) is 0 Å². The van der Waals surface area contributed by atoms with Crippen LogP contribution in [0.3, 0.4) is 0 Å². The number of hydrogen-bond donors (Lipinski definition) is 1. The van der Waals surface area contributed by atoms with E-state index < -0.39 is 5.60 Å². The Hall–Kier alpha value is -0.900. The van der Waals surface area contributed by atoms with Gasteiger partial charge in [0, 0.05) is 12.5 Å². The van der Waals surface area contributed by atoms with Gasteiger partial charge in [-0.2, -0.15) is 5.10 Å². The van der Waals surface area contributed by atoms with Gasteiger partial charge in [0.25, 0.3) is 0 Å². The molecular formula is C15H29N3O. The van der Waals surface area contributed by atoms with Crippen molar-refractivity contribution in [2.75, 3.05) is 0 Å². The summed E-state index contributed by atoms with van der Waals surface area (Å²) in [5.41, 5.74) is -0.679. The molecule has 0 aliphatic rings. The Labute approximate surface area is 117 Å².